The third-order valence-electron chi connectivity index (χ3n) is 14.6. The Morgan fingerprint density at radius 2 is 1.43 bits per heavy atom. The van der Waals surface area contributed by atoms with E-state index in [1.54, 1.807) is 5.57 Å². The second kappa shape index (κ2) is 18.8. The fourth-order valence-corrected chi connectivity index (χ4v) is 11.3. The van der Waals surface area contributed by atoms with Crippen molar-refractivity contribution in [1.82, 2.24) is 0 Å². The summed E-state index contributed by atoms with van der Waals surface area (Å²) in [7, 11) is 0. The minimum atomic E-state index is 0.0587. The number of hydrogen-bond acceptors (Lipinski definition) is 2. The van der Waals surface area contributed by atoms with Gasteiger partial charge in [0.25, 0.3) is 0 Å². The lowest BCUT2D eigenvalue weighted by Crippen LogP contribution is -2.51. The first-order chi connectivity index (χ1) is 22.6. The molecule has 0 heterocycles. The number of hydrogen-bond donors (Lipinski definition) is 0. The van der Waals surface area contributed by atoms with E-state index < -0.39 is 0 Å². The molecule has 0 radical (unpaired) electrons. The summed E-state index contributed by atoms with van der Waals surface area (Å²) in [6.45, 7) is 19.1. The minimum Gasteiger partial charge on any atom is -0.462 e. The van der Waals surface area contributed by atoms with Crippen LogP contribution in [-0.2, 0) is 9.53 Å². The standard InChI is InChI=1S/C45H78O2/c1-8-9-10-11-12-13-14-15-16-17-18-19-20-21-22-43(46)47-38-29-31-44(6)37(33-38)25-26-39-41-28-27-40(45(41,7)32-30-42(39)44)36(5)24-23-35(4)34(2)3/h25,34,36,38-42H,4,8-24,26-33H2,1-3,5-7H3/t36-,38+,39+,40-,41+,42+,44+,45-/m1/s1. The van der Waals surface area contributed by atoms with Crippen molar-refractivity contribution in [2.75, 3.05) is 0 Å². The van der Waals surface area contributed by atoms with Gasteiger partial charge in [-0.15, -0.1) is 0 Å². The van der Waals surface area contributed by atoms with Crippen LogP contribution in [0.25, 0.3) is 0 Å². The highest BCUT2D eigenvalue weighted by Gasteiger charge is 2.59. The molecule has 47 heavy (non-hydrogen) atoms. The van der Waals surface area contributed by atoms with Gasteiger partial charge in [-0.05, 0) is 111 Å². The van der Waals surface area contributed by atoms with Crippen LogP contribution in [0.5, 0.6) is 0 Å². The van der Waals surface area contributed by atoms with Gasteiger partial charge in [-0.1, -0.05) is 149 Å². The quantitative estimate of drug-likeness (QED) is 0.0702. The van der Waals surface area contributed by atoms with E-state index >= 15 is 0 Å². The van der Waals surface area contributed by atoms with Crippen LogP contribution in [0.3, 0.4) is 0 Å². The van der Waals surface area contributed by atoms with Gasteiger partial charge in [-0.3, -0.25) is 4.79 Å². The molecule has 0 aliphatic heterocycles. The summed E-state index contributed by atoms with van der Waals surface area (Å²) >= 11 is 0. The summed E-state index contributed by atoms with van der Waals surface area (Å²) in [6, 6.07) is 0. The minimum absolute atomic E-state index is 0.0587. The lowest BCUT2D eigenvalue weighted by molar-refractivity contribution is -0.151. The van der Waals surface area contributed by atoms with Crippen molar-refractivity contribution in [3.63, 3.8) is 0 Å². The Labute approximate surface area is 293 Å². The molecule has 0 amide bonds. The van der Waals surface area contributed by atoms with Crippen LogP contribution < -0.4 is 0 Å². The summed E-state index contributed by atoms with van der Waals surface area (Å²) in [5, 5.41) is 0. The Bertz CT molecular complexity index is 992. The van der Waals surface area contributed by atoms with Gasteiger partial charge in [-0.2, -0.15) is 0 Å². The van der Waals surface area contributed by atoms with Crippen molar-refractivity contribution >= 4 is 5.97 Å². The van der Waals surface area contributed by atoms with Gasteiger partial charge in [-0.25, -0.2) is 0 Å². The van der Waals surface area contributed by atoms with E-state index in [-0.39, 0.29) is 12.1 Å². The van der Waals surface area contributed by atoms with E-state index in [9.17, 15) is 4.79 Å². The first-order valence-corrected chi connectivity index (χ1v) is 21.2. The molecule has 0 aromatic rings. The molecule has 2 heteroatoms. The maximum absolute atomic E-state index is 12.8. The number of carbonyl (C=O) groups is 1. The summed E-state index contributed by atoms with van der Waals surface area (Å²) in [5.74, 6) is 4.91. The topological polar surface area (TPSA) is 26.3 Å². The molecule has 0 spiro atoms. The molecular weight excluding hydrogens is 572 g/mol. The average molecular weight is 651 g/mol. The van der Waals surface area contributed by atoms with E-state index in [0.717, 1.165) is 48.9 Å². The monoisotopic (exact) mass is 651 g/mol. The molecule has 0 unspecified atom stereocenters. The maximum Gasteiger partial charge on any atom is 0.306 e. The van der Waals surface area contributed by atoms with Crippen molar-refractivity contribution in [2.24, 2.45) is 46.3 Å². The number of allylic oxidation sites excluding steroid dienone is 2. The first kappa shape index (κ1) is 38.7. The zero-order valence-corrected chi connectivity index (χ0v) is 32.3. The summed E-state index contributed by atoms with van der Waals surface area (Å²) in [4.78, 5) is 12.8. The number of esters is 1. The second-order valence-corrected chi connectivity index (χ2v) is 18.0. The zero-order valence-electron chi connectivity index (χ0n) is 32.3. The fraction of sp³-hybridized carbons (Fsp3) is 0.889. The summed E-state index contributed by atoms with van der Waals surface area (Å²) in [6.07, 6.45) is 35.0. The Balaban J connectivity index is 1.13. The van der Waals surface area contributed by atoms with Gasteiger partial charge in [0.2, 0.25) is 0 Å². The predicted molar refractivity (Wildman–Crippen MR) is 202 cm³/mol. The van der Waals surface area contributed by atoms with Crippen molar-refractivity contribution in [3.05, 3.63) is 23.8 Å². The fourth-order valence-electron chi connectivity index (χ4n) is 11.3. The predicted octanol–water partition coefficient (Wildman–Crippen LogP) is 14.0. The molecule has 2 nitrogen and oxygen atoms in total. The molecule has 0 aromatic heterocycles. The van der Waals surface area contributed by atoms with E-state index in [1.807, 2.05) is 0 Å². The molecule has 0 bridgehead atoms. The molecular formula is C45H78O2. The number of fused-ring (bicyclic) bond motifs is 5. The third-order valence-corrected chi connectivity index (χ3v) is 14.6. The number of carbonyl (C=O) groups excluding carboxylic acids is 1. The van der Waals surface area contributed by atoms with E-state index in [1.165, 1.54) is 140 Å². The van der Waals surface area contributed by atoms with Gasteiger partial charge in [0.1, 0.15) is 6.10 Å². The summed E-state index contributed by atoms with van der Waals surface area (Å²) in [5.41, 5.74) is 3.91. The number of unbranched alkanes of at least 4 members (excludes halogenated alkanes) is 13. The van der Waals surface area contributed by atoms with Crippen LogP contribution in [-0.4, -0.2) is 12.1 Å². The highest BCUT2D eigenvalue weighted by Crippen LogP contribution is 2.67. The molecule has 3 saturated carbocycles. The number of ether oxygens (including phenoxy) is 1. The molecule has 0 N–H and O–H groups in total. The van der Waals surface area contributed by atoms with E-state index in [0.29, 0.717) is 23.2 Å². The largest absolute Gasteiger partial charge is 0.462 e. The molecule has 8 atom stereocenters. The Morgan fingerprint density at radius 1 is 0.809 bits per heavy atom. The van der Waals surface area contributed by atoms with Crippen LogP contribution >= 0.6 is 0 Å². The van der Waals surface area contributed by atoms with Gasteiger partial charge in [0, 0.05) is 12.8 Å². The molecule has 0 saturated heterocycles. The molecule has 4 rings (SSSR count). The van der Waals surface area contributed by atoms with Gasteiger partial charge in [0.15, 0.2) is 0 Å². The Morgan fingerprint density at radius 3 is 2.04 bits per heavy atom. The Kier molecular flexibility index (Phi) is 15.5. The van der Waals surface area contributed by atoms with Crippen LogP contribution in [0.1, 0.15) is 202 Å². The molecule has 4 aliphatic rings. The smallest absolute Gasteiger partial charge is 0.306 e. The maximum atomic E-state index is 12.8. The SMILES string of the molecule is C=C(CC[C@@H](C)[C@H]1CC[C@H]2[C@@H]3CC=C4C[C@@H](OC(=O)CCCCCCCCCCCCCCCC)CC[C@]4(C)[C@H]3CC[C@]12C)C(C)C. The van der Waals surface area contributed by atoms with Crippen molar-refractivity contribution < 1.29 is 9.53 Å². The van der Waals surface area contributed by atoms with Crippen molar-refractivity contribution in [3.8, 4) is 0 Å². The number of rotatable bonds is 21. The lowest BCUT2D eigenvalue weighted by atomic mass is 9.47. The third kappa shape index (κ3) is 10.2. The highest BCUT2D eigenvalue weighted by molar-refractivity contribution is 5.69. The molecule has 270 valence electrons. The highest BCUT2D eigenvalue weighted by atomic mass is 16.5. The van der Waals surface area contributed by atoms with Crippen molar-refractivity contribution in [2.45, 2.75) is 208 Å². The summed E-state index contributed by atoms with van der Waals surface area (Å²) < 4.78 is 6.13. The van der Waals surface area contributed by atoms with Crippen LogP contribution in [0.2, 0.25) is 0 Å². The van der Waals surface area contributed by atoms with Gasteiger partial charge >= 0.3 is 5.97 Å². The van der Waals surface area contributed by atoms with Crippen LogP contribution in [0, 0.1) is 46.3 Å². The molecule has 3 fully saturated rings. The van der Waals surface area contributed by atoms with Gasteiger partial charge in [0.05, 0.1) is 0 Å². The van der Waals surface area contributed by atoms with Gasteiger partial charge < -0.3 is 4.74 Å². The lowest BCUT2D eigenvalue weighted by Gasteiger charge is -2.58. The van der Waals surface area contributed by atoms with Crippen LogP contribution in [0.15, 0.2) is 23.8 Å². The second-order valence-electron chi connectivity index (χ2n) is 18.0. The normalized spacial score (nSPS) is 32.3. The average Bonchev–Trinajstić information content (AvgIpc) is 3.41. The van der Waals surface area contributed by atoms with E-state index in [2.05, 4.69) is 54.2 Å². The molecule has 0 aromatic carbocycles. The van der Waals surface area contributed by atoms with E-state index in [4.69, 9.17) is 4.74 Å². The first-order valence-electron chi connectivity index (χ1n) is 21.2. The Hall–Kier alpha value is -1.05. The van der Waals surface area contributed by atoms with Crippen molar-refractivity contribution in [1.29, 1.82) is 0 Å². The molecule has 4 aliphatic carbocycles. The van der Waals surface area contributed by atoms with Crippen LogP contribution in [0.4, 0.5) is 0 Å². The zero-order chi connectivity index (χ0) is 33.9.